The zero-order valence-electron chi connectivity index (χ0n) is 7.54. The minimum absolute atomic E-state index is 0.000000000000000666. The Morgan fingerprint density at radius 2 is 1.67 bits per heavy atom. The van der Waals surface area contributed by atoms with Crippen molar-refractivity contribution < 1.29 is 25.0 Å². The molecule has 0 unspecified atom stereocenters. The smallest absolute Gasteiger partial charge is 0.322 e. The number of hydrogen-bond donors (Lipinski definition) is 4. The predicted octanol–water partition coefficient (Wildman–Crippen LogP) is 0.740. The van der Waals surface area contributed by atoms with Gasteiger partial charge in [0.05, 0.1) is 5.69 Å². The Morgan fingerprint density at radius 1 is 1.13 bits per heavy atom. The Bertz CT molecular complexity index is 376. The summed E-state index contributed by atoms with van der Waals surface area (Å²) in [5, 5.41) is 26.1. The number of anilines is 1. The number of aliphatic carboxylic acids is 2. The van der Waals surface area contributed by atoms with Crippen molar-refractivity contribution in [3.8, 4) is 0 Å². The van der Waals surface area contributed by atoms with E-state index >= 15 is 0 Å². The van der Waals surface area contributed by atoms with Crippen LogP contribution in [0.5, 0.6) is 0 Å². The summed E-state index contributed by atoms with van der Waals surface area (Å²) in [5.41, 5.74) is 1.82. The topological polar surface area (TPSA) is 107 Å². The average Bonchev–Trinajstić information content (AvgIpc) is 2.17. The second-order valence-electron chi connectivity index (χ2n) is 2.81. The summed E-state index contributed by atoms with van der Waals surface area (Å²) in [6, 6.07) is 5.75. The summed E-state index contributed by atoms with van der Waals surface area (Å²) in [6.07, 6.45) is 0. The lowest BCUT2D eigenvalue weighted by Crippen LogP contribution is -2.22. The van der Waals surface area contributed by atoms with Crippen LogP contribution in [0.2, 0.25) is 0 Å². The molecule has 6 nitrogen and oxygen atoms in total. The van der Waals surface area contributed by atoms with Crippen molar-refractivity contribution >= 4 is 17.6 Å². The maximum absolute atomic E-state index is 10.7. The summed E-state index contributed by atoms with van der Waals surface area (Å²) in [6.45, 7) is 0. The Labute approximate surface area is 84.7 Å². The van der Waals surface area contributed by atoms with E-state index < -0.39 is 17.9 Å². The van der Waals surface area contributed by atoms with E-state index in [0.717, 1.165) is 0 Å². The van der Waals surface area contributed by atoms with Crippen LogP contribution in [0, 0.1) is 0 Å². The van der Waals surface area contributed by atoms with E-state index in [1.165, 1.54) is 18.2 Å². The van der Waals surface area contributed by atoms with E-state index in [1.54, 1.807) is 11.5 Å². The van der Waals surface area contributed by atoms with Crippen LogP contribution in [0.3, 0.4) is 0 Å². The van der Waals surface area contributed by atoms with Crippen molar-refractivity contribution in [3.05, 3.63) is 29.8 Å². The third kappa shape index (κ3) is 2.23. The van der Waals surface area contributed by atoms with Crippen LogP contribution in [0.4, 0.5) is 5.69 Å². The van der Waals surface area contributed by atoms with Gasteiger partial charge in [-0.3, -0.25) is 20.3 Å². The van der Waals surface area contributed by atoms with Crippen molar-refractivity contribution in [2.24, 2.45) is 0 Å². The lowest BCUT2D eigenvalue weighted by molar-refractivity contribution is -0.150. The lowest BCUT2D eigenvalue weighted by Gasteiger charge is -2.11. The third-order valence-corrected chi connectivity index (χ3v) is 1.89. The van der Waals surface area contributed by atoms with Gasteiger partial charge in [0, 0.05) is 5.56 Å². The second kappa shape index (κ2) is 4.43. The van der Waals surface area contributed by atoms with Gasteiger partial charge in [-0.25, -0.2) is 0 Å². The highest BCUT2D eigenvalue weighted by Crippen LogP contribution is 2.24. The first kappa shape index (κ1) is 11.0. The normalized spacial score (nSPS) is 10.0. The van der Waals surface area contributed by atoms with E-state index in [1.807, 2.05) is 0 Å². The summed E-state index contributed by atoms with van der Waals surface area (Å²) >= 11 is 0. The molecule has 0 fully saturated rings. The predicted molar refractivity (Wildman–Crippen MR) is 49.9 cm³/mol. The zero-order valence-corrected chi connectivity index (χ0v) is 7.54. The summed E-state index contributed by atoms with van der Waals surface area (Å²) < 4.78 is 0. The molecule has 0 saturated heterocycles. The molecule has 4 N–H and O–H groups in total. The minimum Gasteiger partial charge on any atom is -0.480 e. The monoisotopic (exact) mass is 211 g/mol. The van der Waals surface area contributed by atoms with Crippen LogP contribution in [-0.4, -0.2) is 27.4 Å². The first-order chi connectivity index (χ1) is 7.07. The number of rotatable bonds is 4. The largest absolute Gasteiger partial charge is 0.480 e. The molecule has 15 heavy (non-hydrogen) atoms. The molecule has 0 amide bonds. The van der Waals surface area contributed by atoms with Crippen LogP contribution < -0.4 is 5.48 Å². The Balaban J connectivity index is 3.22. The SMILES string of the molecule is O=C(O)C(C(=O)O)c1ccccc1NO. The standard InChI is InChI=1S/C9H9NO5/c11-8(12)7(9(13)14)5-3-1-2-4-6(5)10-15/h1-4,7,10,15H,(H,11,12)(H,13,14). The molecular weight excluding hydrogens is 202 g/mol. The van der Waals surface area contributed by atoms with Crippen molar-refractivity contribution in [1.29, 1.82) is 0 Å². The lowest BCUT2D eigenvalue weighted by atomic mass is 9.98. The second-order valence-corrected chi connectivity index (χ2v) is 2.81. The number of carboxylic acid groups (broad SMARTS) is 2. The fraction of sp³-hybridized carbons (Fsp3) is 0.111. The molecule has 1 rings (SSSR count). The number of carbonyl (C=O) groups is 2. The van der Waals surface area contributed by atoms with Gasteiger partial charge in [-0.2, -0.15) is 0 Å². The Kier molecular flexibility index (Phi) is 3.25. The molecule has 0 radical (unpaired) electrons. The van der Waals surface area contributed by atoms with Crippen LogP contribution in [-0.2, 0) is 9.59 Å². The fourth-order valence-electron chi connectivity index (χ4n) is 1.22. The summed E-state index contributed by atoms with van der Waals surface area (Å²) in [4.78, 5) is 21.4. The number of para-hydroxylation sites is 1. The zero-order chi connectivity index (χ0) is 11.4. The summed E-state index contributed by atoms with van der Waals surface area (Å²) in [5.74, 6) is -4.66. The highest BCUT2D eigenvalue weighted by Gasteiger charge is 2.29. The quantitative estimate of drug-likeness (QED) is 0.432. The van der Waals surface area contributed by atoms with Crippen LogP contribution in [0.1, 0.15) is 11.5 Å². The number of benzene rings is 1. The van der Waals surface area contributed by atoms with Crippen molar-refractivity contribution in [1.82, 2.24) is 0 Å². The highest BCUT2D eigenvalue weighted by atomic mass is 16.5. The first-order valence-corrected chi connectivity index (χ1v) is 4.02. The van der Waals surface area contributed by atoms with E-state index in [4.69, 9.17) is 15.4 Å². The van der Waals surface area contributed by atoms with Crippen molar-refractivity contribution in [2.75, 3.05) is 5.48 Å². The minimum atomic E-state index is -1.69. The van der Waals surface area contributed by atoms with E-state index in [-0.39, 0.29) is 11.3 Å². The van der Waals surface area contributed by atoms with Crippen molar-refractivity contribution in [3.63, 3.8) is 0 Å². The number of hydrogen-bond acceptors (Lipinski definition) is 4. The Hall–Kier alpha value is -2.08. The first-order valence-electron chi connectivity index (χ1n) is 4.02. The molecule has 1 aromatic carbocycles. The molecule has 80 valence electrons. The fourth-order valence-corrected chi connectivity index (χ4v) is 1.22. The van der Waals surface area contributed by atoms with Gasteiger partial charge in [0.25, 0.3) is 0 Å². The van der Waals surface area contributed by atoms with Gasteiger partial charge < -0.3 is 10.2 Å². The van der Waals surface area contributed by atoms with Crippen LogP contribution >= 0.6 is 0 Å². The molecule has 0 aliphatic carbocycles. The van der Waals surface area contributed by atoms with Gasteiger partial charge in [-0.15, -0.1) is 0 Å². The van der Waals surface area contributed by atoms with Crippen LogP contribution in [0.25, 0.3) is 0 Å². The molecule has 6 heteroatoms. The van der Waals surface area contributed by atoms with Gasteiger partial charge >= 0.3 is 11.9 Å². The molecule has 0 bridgehead atoms. The van der Waals surface area contributed by atoms with Crippen molar-refractivity contribution in [2.45, 2.75) is 5.92 Å². The molecule has 0 spiro atoms. The molecule has 0 saturated carbocycles. The molecule has 0 atom stereocenters. The van der Waals surface area contributed by atoms with Gasteiger partial charge in [-0.05, 0) is 6.07 Å². The van der Waals surface area contributed by atoms with Gasteiger partial charge in [-0.1, -0.05) is 18.2 Å². The average molecular weight is 211 g/mol. The maximum Gasteiger partial charge on any atom is 0.322 e. The number of carboxylic acids is 2. The third-order valence-electron chi connectivity index (χ3n) is 1.89. The van der Waals surface area contributed by atoms with E-state index in [0.29, 0.717) is 0 Å². The molecule has 1 aromatic rings. The maximum atomic E-state index is 10.7. The molecule has 0 heterocycles. The highest BCUT2D eigenvalue weighted by molar-refractivity contribution is 6.00. The molecule has 0 aromatic heterocycles. The van der Waals surface area contributed by atoms with Gasteiger partial charge in [0.1, 0.15) is 0 Å². The summed E-state index contributed by atoms with van der Waals surface area (Å²) in [7, 11) is 0. The van der Waals surface area contributed by atoms with Gasteiger partial charge in [0.2, 0.25) is 0 Å². The molecule has 0 aliphatic heterocycles. The van der Waals surface area contributed by atoms with E-state index in [9.17, 15) is 9.59 Å². The van der Waals surface area contributed by atoms with Gasteiger partial charge in [0.15, 0.2) is 5.92 Å². The molecular formula is C9H9NO5. The van der Waals surface area contributed by atoms with E-state index in [2.05, 4.69) is 0 Å². The molecule has 0 aliphatic rings. The Morgan fingerprint density at radius 3 is 2.13 bits per heavy atom. The van der Waals surface area contributed by atoms with Crippen LogP contribution in [0.15, 0.2) is 24.3 Å². The number of nitrogens with one attached hydrogen (secondary N) is 1.